The third-order valence-corrected chi connectivity index (χ3v) is 3.41. The third-order valence-electron chi connectivity index (χ3n) is 2.37. The summed E-state index contributed by atoms with van der Waals surface area (Å²) >= 11 is 1.38. The minimum absolute atomic E-state index is 0.0203. The van der Waals surface area contributed by atoms with Crippen molar-refractivity contribution in [2.75, 3.05) is 19.8 Å². The zero-order valence-corrected chi connectivity index (χ0v) is 11.5. The Kier molecular flexibility index (Phi) is 5.03. The van der Waals surface area contributed by atoms with E-state index in [2.05, 4.69) is 5.16 Å². The Labute approximate surface area is 111 Å². The van der Waals surface area contributed by atoms with E-state index in [4.69, 9.17) is 10.9 Å². The maximum absolute atomic E-state index is 11.5. The molecule has 1 aromatic rings. The molecule has 0 radical (unpaired) electrons. The molecule has 1 aromatic carbocycles. The monoisotopic (exact) mass is 267 g/mol. The van der Waals surface area contributed by atoms with Crippen molar-refractivity contribution in [2.24, 2.45) is 10.9 Å². The third kappa shape index (κ3) is 3.66. The van der Waals surface area contributed by atoms with Gasteiger partial charge in [0.2, 0.25) is 5.91 Å². The lowest BCUT2D eigenvalue weighted by molar-refractivity contribution is -0.125. The molecule has 0 unspecified atom stereocenters. The number of hydrogen-bond acceptors (Lipinski definition) is 4. The van der Waals surface area contributed by atoms with Gasteiger partial charge in [-0.3, -0.25) is 4.79 Å². The topological polar surface area (TPSA) is 78.9 Å². The number of rotatable bonds is 4. The first kappa shape index (κ1) is 14.4. The van der Waals surface area contributed by atoms with Crippen molar-refractivity contribution in [3.63, 3.8) is 0 Å². The molecule has 0 aliphatic carbocycles. The highest BCUT2D eigenvalue weighted by molar-refractivity contribution is 8.00. The van der Waals surface area contributed by atoms with Crippen LogP contribution in [0.15, 0.2) is 28.3 Å². The van der Waals surface area contributed by atoms with E-state index in [9.17, 15) is 4.79 Å². The summed E-state index contributed by atoms with van der Waals surface area (Å²) < 4.78 is 0. The molecule has 0 saturated heterocycles. The number of carbonyl (C=O) groups excluding carboxylic acids is 1. The van der Waals surface area contributed by atoms with Crippen LogP contribution in [-0.4, -0.2) is 41.7 Å². The molecule has 0 saturated carbocycles. The van der Waals surface area contributed by atoms with Gasteiger partial charge in [-0.25, -0.2) is 0 Å². The molecule has 0 aromatic heterocycles. The highest BCUT2D eigenvalue weighted by Gasteiger charge is 2.11. The molecule has 5 nitrogen and oxygen atoms in total. The van der Waals surface area contributed by atoms with Crippen molar-refractivity contribution in [3.05, 3.63) is 29.3 Å². The number of amides is 1. The molecule has 0 aliphatic rings. The van der Waals surface area contributed by atoms with Gasteiger partial charge >= 0.3 is 0 Å². The van der Waals surface area contributed by atoms with Crippen LogP contribution in [0.2, 0.25) is 0 Å². The molecule has 3 N–H and O–H groups in total. The fourth-order valence-corrected chi connectivity index (χ4v) is 2.42. The average Bonchev–Trinajstić information content (AvgIpc) is 2.34. The second kappa shape index (κ2) is 6.30. The summed E-state index contributed by atoms with van der Waals surface area (Å²) in [5.41, 5.74) is 7.30. The molecular formula is C12H17N3O2S. The summed E-state index contributed by atoms with van der Waals surface area (Å²) in [6.45, 7) is 1.95. The number of amidine groups is 1. The second-order valence-corrected chi connectivity index (χ2v) is 5.08. The summed E-state index contributed by atoms with van der Waals surface area (Å²) in [6, 6.07) is 5.58. The van der Waals surface area contributed by atoms with E-state index in [1.807, 2.05) is 19.1 Å². The molecule has 1 rings (SSSR count). The lowest BCUT2D eigenvalue weighted by Gasteiger charge is -2.12. The predicted octanol–water partition coefficient (Wildman–Crippen LogP) is 1.27. The minimum atomic E-state index is 0.0203. The molecule has 0 aliphatic heterocycles. The van der Waals surface area contributed by atoms with Gasteiger partial charge < -0.3 is 15.8 Å². The Balaban J connectivity index is 2.93. The highest BCUT2D eigenvalue weighted by atomic mass is 32.2. The van der Waals surface area contributed by atoms with Crippen molar-refractivity contribution < 1.29 is 10.0 Å². The van der Waals surface area contributed by atoms with Crippen molar-refractivity contribution in [1.82, 2.24) is 4.90 Å². The minimum Gasteiger partial charge on any atom is -0.409 e. The maximum Gasteiger partial charge on any atom is 0.232 e. The molecule has 0 spiro atoms. The zero-order chi connectivity index (χ0) is 13.7. The summed E-state index contributed by atoms with van der Waals surface area (Å²) in [7, 11) is 3.42. The molecule has 0 fully saturated rings. The smallest absolute Gasteiger partial charge is 0.232 e. The number of thioether (sulfide) groups is 1. The first-order valence-electron chi connectivity index (χ1n) is 5.37. The van der Waals surface area contributed by atoms with E-state index >= 15 is 0 Å². The number of carbonyl (C=O) groups is 1. The van der Waals surface area contributed by atoms with Crippen LogP contribution >= 0.6 is 11.8 Å². The fourth-order valence-electron chi connectivity index (χ4n) is 1.28. The van der Waals surface area contributed by atoms with E-state index in [0.717, 1.165) is 10.5 Å². The first-order valence-corrected chi connectivity index (χ1v) is 6.35. The highest BCUT2D eigenvalue weighted by Crippen LogP contribution is 2.24. The van der Waals surface area contributed by atoms with E-state index < -0.39 is 0 Å². The van der Waals surface area contributed by atoms with Crippen LogP contribution < -0.4 is 5.73 Å². The number of benzene rings is 1. The van der Waals surface area contributed by atoms with Gasteiger partial charge in [-0.15, -0.1) is 11.8 Å². The molecule has 98 valence electrons. The number of nitrogens with zero attached hydrogens (tertiary/aromatic N) is 2. The Bertz CT molecular complexity index is 472. The first-order chi connectivity index (χ1) is 8.45. The number of nitrogens with two attached hydrogens (primary N) is 1. The second-order valence-electron chi connectivity index (χ2n) is 4.06. The molecule has 0 heterocycles. The largest absolute Gasteiger partial charge is 0.409 e. The molecule has 0 atom stereocenters. The van der Waals surface area contributed by atoms with E-state index in [1.54, 1.807) is 20.2 Å². The van der Waals surface area contributed by atoms with Gasteiger partial charge in [0.15, 0.2) is 5.84 Å². The lowest BCUT2D eigenvalue weighted by atomic mass is 10.1. The predicted molar refractivity (Wildman–Crippen MR) is 73.1 cm³/mol. The van der Waals surface area contributed by atoms with Gasteiger partial charge in [0.1, 0.15) is 0 Å². The van der Waals surface area contributed by atoms with Crippen LogP contribution in [0.4, 0.5) is 0 Å². The van der Waals surface area contributed by atoms with Crippen molar-refractivity contribution in [1.29, 1.82) is 0 Å². The Morgan fingerprint density at radius 3 is 2.72 bits per heavy atom. The zero-order valence-electron chi connectivity index (χ0n) is 10.7. The van der Waals surface area contributed by atoms with Crippen LogP contribution in [-0.2, 0) is 4.79 Å². The normalized spacial score (nSPS) is 11.4. The van der Waals surface area contributed by atoms with Crippen molar-refractivity contribution in [3.8, 4) is 0 Å². The van der Waals surface area contributed by atoms with E-state index in [0.29, 0.717) is 11.3 Å². The SMILES string of the molecule is Cc1ccc(/C(N)=N/O)c(SCC(=O)N(C)C)c1. The Morgan fingerprint density at radius 1 is 1.50 bits per heavy atom. The maximum atomic E-state index is 11.5. The van der Waals surface area contributed by atoms with Gasteiger partial charge in [0, 0.05) is 24.6 Å². The van der Waals surface area contributed by atoms with Crippen molar-refractivity contribution in [2.45, 2.75) is 11.8 Å². The Morgan fingerprint density at radius 2 is 2.17 bits per heavy atom. The van der Waals surface area contributed by atoms with Crippen LogP contribution in [0, 0.1) is 6.92 Å². The van der Waals surface area contributed by atoms with Gasteiger partial charge in [0.05, 0.1) is 5.75 Å². The standard InChI is InChI=1S/C12H17N3O2S/c1-8-4-5-9(12(13)14-17)10(6-8)18-7-11(16)15(2)3/h4-6,17H,7H2,1-3H3,(H2,13,14). The molecule has 0 bridgehead atoms. The van der Waals surface area contributed by atoms with Crippen LogP contribution in [0.1, 0.15) is 11.1 Å². The van der Waals surface area contributed by atoms with Gasteiger partial charge in [0.25, 0.3) is 0 Å². The van der Waals surface area contributed by atoms with Crippen molar-refractivity contribution >= 4 is 23.5 Å². The van der Waals surface area contributed by atoms with Crippen LogP contribution in [0.5, 0.6) is 0 Å². The average molecular weight is 267 g/mol. The van der Waals surface area contributed by atoms with Crippen LogP contribution in [0.3, 0.4) is 0 Å². The lowest BCUT2D eigenvalue weighted by Crippen LogP contribution is -2.23. The van der Waals surface area contributed by atoms with E-state index in [-0.39, 0.29) is 11.7 Å². The summed E-state index contributed by atoms with van der Waals surface area (Å²) in [6.07, 6.45) is 0. The summed E-state index contributed by atoms with van der Waals surface area (Å²) in [4.78, 5) is 13.9. The molecule has 1 amide bonds. The Hall–Kier alpha value is -1.69. The van der Waals surface area contributed by atoms with Gasteiger partial charge in [-0.1, -0.05) is 11.2 Å². The molecule has 18 heavy (non-hydrogen) atoms. The van der Waals surface area contributed by atoms with Gasteiger partial charge in [-0.2, -0.15) is 0 Å². The summed E-state index contributed by atoms with van der Waals surface area (Å²) in [5.74, 6) is 0.393. The van der Waals surface area contributed by atoms with E-state index in [1.165, 1.54) is 16.7 Å². The number of hydrogen-bond donors (Lipinski definition) is 2. The molecule has 6 heteroatoms. The molecular weight excluding hydrogens is 250 g/mol. The van der Waals surface area contributed by atoms with Crippen LogP contribution in [0.25, 0.3) is 0 Å². The number of aryl methyl sites for hydroxylation is 1. The quantitative estimate of drug-likeness (QED) is 0.283. The number of oxime groups is 1. The van der Waals surface area contributed by atoms with Gasteiger partial charge in [-0.05, 0) is 24.6 Å². The fraction of sp³-hybridized carbons (Fsp3) is 0.333. The summed E-state index contributed by atoms with van der Waals surface area (Å²) in [5, 5.41) is 11.7.